The summed E-state index contributed by atoms with van der Waals surface area (Å²) in [6.07, 6.45) is 0. The summed E-state index contributed by atoms with van der Waals surface area (Å²) in [5, 5.41) is 6.89. The topological polar surface area (TPSA) is 44.4 Å². The fraction of sp³-hybridized carbons (Fsp3) is 0.222. The number of benzene rings is 2. The summed E-state index contributed by atoms with van der Waals surface area (Å²) in [4.78, 5) is 12.9. The lowest BCUT2D eigenvalue weighted by Gasteiger charge is -2.16. The van der Waals surface area contributed by atoms with E-state index in [1.165, 1.54) is 18.1 Å². The third-order valence-corrected chi connectivity index (χ3v) is 4.04. The van der Waals surface area contributed by atoms with Gasteiger partial charge in [0.05, 0.1) is 0 Å². The molecule has 2 aromatic rings. The second-order valence-corrected chi connectivity index (χ2v) is 5.86. The summed E-state index contributed by atoms with van der Waals surface area (Å²) in [5.74, 6) is -0.00202. The molecule has 0 saturated carbocycles. The van der Waals surface area contributed by atoms with Crippen LogP contribution in [0.5, 0.6) is 0 Å². The lowest BCUT2D eigenvalue weighted by molar-refractivity contribution is -0.116. The number of hydrogen-bond donors (Lipinski definition) is 2. The molecule has 0 spiro atoms. The van der Waals surface area contributed by atoms with Crippen LogP contribution in [0.2, 0.25) is 0 Å². The van der Waals surface area contributed by atoms with E-state index in [0.29, 0.717) is 5.11 Å². The van der Waals surface area contributed by atoms with Crippen molar-refractivity contribution in [2.45, 2.75) is 20.8 Å². The van der Waals surface area contributed by atoms with Crippen LogP contribution in [0, 0.1) is 13.8 Å². The van der Waals surface area contributed by atoms with E-state index in [0.717, 1.165) is 17.1 Å². The van der Waals surface area contributed by atoms with Crippen molar-refractivity contribution in [3.63, 3.8) is 0 Å². The zero-order valence-electron chi connectivity index (χ0n) is 13.8. The number of carbonyl (C=O) groups is 1. The molecule has 1 amide bonds. The van der Waals surface area contributed by atoms with Gasteiger partial charge in [-0.25, -0.2) is 0 Å². The van der Waals surface area contributed by atoms with Crippen molar-refractivity contribution in [2.75, 3.05) is 22.6 Å². The Hall–Kier alpha value is -2.40. The summed E-state index contributed by atoms with van der Waals surface area (Å²) < 4.78 is 0. The van der Waals surface area contributed by atoms with Crippen LogP contribution >= 0.6 is 12.2 Å². The molecule has 2 rings (SSSR count). The molecule has 0 aliphatic carbocycles. The van der Waals surface area contributed by atoms with Gasteiger partial charge < -0.3 is 15.5 Å². The zero-order valence-corrected chi connectivity index (χ0v) is 14.6. The van der Waals surface area contributed by atoms with Gasteiger partial charge in [0.15, 0.2) is 5.11 Å². The number of thiocarbonyl (C=S) groups is 1. The zero-order chi connectivity index (χ0) is 17.0. The Balaban J connectivity index is 2.03. The fourth-order valence-electron chi connectivity index (χ4n) is 2.12. The van der Waals surface area contributed by atoms with Crippen LogP contribution < -0.4 is 15.5 Å². The van der Waals surface area contributed by atoms with E-state index < -0.39 is 0 Å². The minimum Gasteiger partial charge on any atom is -0.332 e. The van der Waals surface area contributed by atoms with Crippen molar-refractivity contribution in [2.24, 2.45) is 0 Å². The number of anilines is 3. The van der Waals surface area contributed by atoms with Crippen LogP contribution in [0.4, 0.5) is 17.1 Å². The molecule has 0 unspecified atom stereocenters. The highest BCUT2D eigenvalue weighted by molar-refractivity contribution is 7.80. The number of amides is 1. The summed E-state index contributed by atoms with van der Waals surface area (Å²) in [5.41, 5.74) is 5.10. The Kier molecular flexibility index (Phi) is 5.34. The molecular formula is C18H21N3OS. The number of nitrogens with zero attached hydrogens (tertiary/aromatic N) is 1. The first-order valence-corrected chi connectivity index (χ1v) is 7.78. The van der Waals surface area contributed by atoms with Crippen molar-refractivity contribution < 1.29 is 4.79 Å². The van der Waals surface area contributed by atoms with Crippen molar-refractivity contribution >= 4 is 40.3 Å². The molecule has 0 bridgehead atoms. The lowest BCUT2D eigenvalue weighted by atomic mass is 10.1. The Bertz CT molecular complexity index is 726. The molecule has 0 aliphatic rings. The molecule has 2 aromatic carbocycles. The van der Waals surface area contributed by atoms with E-state index >= 15 is 0 Å². The summed E-state index contributed by atoms with van der Waals surface area (Å²) >= 11 is 5.36. The smallest absolute Gasteiger partial charge is 0.223 e. The van der Waals surface area contributed by atoms with Crippen LogP contribution in [-0.2, 0) is 4.79 Å². The van der Waals surface area contributed by atoms with Crippen LogP contribution in [0.15, 0.2) is 42.5 Å². The maximum atomic E-state index is 11.3. The number of aryl methyl sites for hydroxylation is 1. The molecule has 120 valence electrons. The second-order valence-electron chi connectivity index (χ2n) is 5.45. The van der Waals surface area contributed by atoms with Gasteiger partial charge in [0, 0.05) is 31.0 Å². The van der Waals surface area contributed by atoms with Crippen LogP contribution in [0.1, 0.15) is 18.1 Å². The Labute approximate surface area is 142 Å². The quantitative estimate of drug-likeness (QED) is 0.833. The minimum atomic E-state index is -0.00202. The summed E-state index contributed by atoms with van der Waals surface area (Å²) in [6, 6.07) is 13.6. The van der Waals surface area contributed by atoms with Crippen molar-refractivity contribution in [3.8, 4) is 0 Å². The molecule has 0 fully saturated rings. The van der Waals surface area contributed by atoms with Crippen LogP contribution in [-0.4, -0.2) is 18.1 Å². The predicted molar refractivity (Wildman–Crippen MR) is 101 cm³/mol. The fourth-order valence-corrected chi connectivity index (χ4v) is 2.35. The standard InChI is InChI=1S/C18H21N3OS/c1-12-6-5-7-17(13(12)2)20-18(23)19-15-8-10-16(11-9-15)21(4)14(3)22/h5-11H,1-4H3,(H2,19,20,23). The molecule has 23 heavy (non-hydrogen) atoms. The highest BCUT2D eigenvalue weighted by Gasteiger charge is 2.06. The number of hydrogen-bond acceptors (Lipinski definition) is 2. The average molecular weight is 327 g/mol. The minimum absolute atomic E-state index is 0.00202. The average Bonchev–Trinajstić information content (AvgIpc) is 2.52. The molecular weight excluding hydrogens is 306 g/mol. The number of nitrogens with one attached hydrogen (secondary N) is 2. The van der Waals surface area contributed by atoms with Gasteiger partial charge in [-0.05, 0) is 67.5 Å². The first-order valence-electron chi connectivity index (χ1n) is 7.37. The normalized spacial score (nSPS) is 10.1. The summed E-state index contributed by atoms with van der Waals surface area (Å²) in [6.45, 7) is 5.67. The molecule has 2 N–H and O–H groups in total. The molecule has 0 atom stereocenters. The second kappa shape index (κ2) is 7.24. The molecule has 0 heterocycles. The first kappa shape index (κ1) is 17.0. The highest BCUT2D eigenvalue weighted by atomic mass is 32.1. The van der Waals surface area contributed by atoms with E-state index in [1.54, 1.807) is 11.9 Å². The van der Waals surface area contributed by atoms with Gasteiger partial charge in [0.25, 0.3) is 0 Å². The molecule has 0 saturated heterocycles. The maximum absolute atomic E-state index is 11.3. The third-order valence-electron chi connectivity index (χ3n) is 3.84. The van der Waals surface area contributed by atoms with Crippen molar-refractivity contribution in [1.29, 1.82) is 0 Å². The summed E-state index contributed by atoms with van der Waals surface area (Å²) in [7, 11) is 1.75. The highest BCUT2D eigenvalue weighted by Crippen LogP contribution is 2.20. The Morgan fingerprint density at radius 1 is 1.04 bits per heavy atom. The third kappa shape index (κ3) is 4.29. The molecule has 4 nitrogen and oxygen atoms in total. The van der Waals surface area contributed by atoms with Gasteiger partial charge in [-0.3, -0.25) is 4.79 Å². The van der Waals surface area contributed by atoms with Crippen LogP contribution in [0.3, 0.4) is 0 Å². The van der Waals surface area contributed by atoms with E-state index in [4.69, 9.17) is 12.2 Å². The van der Waals surface area contributed by atoms with E-state index in [2.05, 4.69) is 30.5 Å². The van der Waals surface area contributed by atoms with Gasteiger partial charge >= 0.3 is 0 Å². The Morgan fingerprint density at radius 2 is 1.70 bits per heavy atom. The maximum Gasteiger partial charge on any atom is 0.223 e. The van der Waals surface area contributed by atoms with E-state index in [1.807, 2.05) is 36.4 Å². The number of rotatable bonds is 3. The monoisotopic (exact) mass is 327 g/mol. The van der Waals surface area contributed by atoms with Crippen molar-refractivity contribution in [1.82, 2.24) is 0 Å². The van der Waals surface area contributed by atoms with Gasteiger partial charge in [-0.1, -0.05) is 12.1 Å². The largest absolute Gasteiger partial charge is 0.332 e. The first-order chi connectivity index (χ1) is 10.9. The van der Waals surface area contributed by atoms with Gasteiger partial charge in [-0.2, -0.15) is 0 Å². The predicted octanol–water partition coefficient (Wildman–Crippen LogP) is 4.10. The lowest BCUT2D eigenvalue weighted by Crippen LogP contribution is -2.23. The van der Waals surface area contributed by atoms with Crippen LogP contribution in [0.25, 0.3) is 0 Å². The molecule has 0 radical (unpaired) electrons. The molecule has 5 heteroatoms. The Morgan fingerprint density at radius 3 is 2.30 bits per heavy atom. The van der Waals surface area contributed by atoms with Gasteiger partial charge in [0.1, 0.15) is 0 Å². The van der Waals surface area contributed by atoms with E-state index in [9.17, 15) is 4.79 Å². The van der Waals surface area contributed by atoms with Crippen molar-refractivity contribution in [3.05, 3.63) is 53.6 Å². The van der Waals surface area contributed by atoms with Gasteiger partial charge in [-0.15, -0.1) is 0 Å². The van der Waals surface area contributed by atoms with Gasteiger partial charge in [0.2, 0.25) is 5.91 Å². The molecule has 0 aliphatic heterocycles. The van der Waals surface area contributed by atoms with E-state index in [-0.39, 0.29) is 5.91 Å². The number of carbonyl (C=O) groups excluding carboxylic acids is 1. The molecule has 0 aromatic heterocycles. The SMILES string of the molecule is CC(=O)N(C)c1ccc(NC(=S)Nc2cccc(C)c2C)cc1.